The van der Waals surface area contributed by atoms with Crippen molar-refractivity contribution in [3.63, 3.8) is 0 Å². The predicted molar refractivity (Wildman–Crippen MR) is 198 cm³/mol. The fraction of sp³-hybridized carbons (Fsp3) is 0.310. The van der Waals surface area contributed by atoms with Crippen molar-refractivity contribution in [2.45, 2.75) is 44.6 Å². The molecular weight excluding hydrogens is 678 g/mol. The lowest BCUT2D eigenvalue weighted by Gasteiger charge is -2.36. The maximum absolute atomic E-state index is 13.9. The average molecular weight is 721 g/mol. The van der Waals surface area contributed by atoms with E-state index in [4.69, 9.17) is 15.0 Å². The van der Waals surface area contributed by atoms with Crippen LogP contribution in [0.3, 0.4) is 0 Å². The second-order valence-electron chi connectivity index (χ2n) is 14.1. The SMILES string of the molecule is COc1ccccc1[C@@H](C)c1ccc2c(c1N)Cc1ccccc1-2.O=C(N[C@H]1CCN(CC2CC2)C[C@@H]1C(=O)O)c1cc(-c2ccc(F)cc2F)on1. The molecule has 1 aliphatic heterocycles. The van der Waals surface area contributed by atoms with Crippen molar-refractivity contribution in [2.24, 2.45) is 11.8 Å². The van der Waals surface area contributed by atoms with E-state index in [0.29, 0.717) is 24.9 Å². The van der Waals surface area contributed by atoms with Crippen LogP contribution in [0.15, 0.2) is 89.5 Å². The number of para-hydroxylation sites is 1. The van der Waals surface area contributed by atoms with Gasteiger partial charge in [-0.15, -0.1) is 0 Å². The van der Waals surface area contributed by atoms with Crippen molar-refractivity contribution in [3.05, 3.63) is 125 Å². The number of carbonyl (C=O) groups excluding carboxylic acids is 1. The fourth-order valence-electron chi connectivity index (χ4n) is 7.54. The second-order valence-corrected chi connectivity index (χ2v) is 14.1. The molecule has 5 aromatic rings. The van der Waals surface area contributed by atoms with Gasteiger partial charge in [0, 0.05) is 61.4 Å². The Morgan fingerprint density at radius 2 is 1.74 bits per heavy atom. The van der Waals surface area contributed by atoms with E-state index in [0.717, 1.165) is 37.0 Å². The number of fused-ring (bicyclic) bond motifs is 3. The smallest absolute Gasteiger partial charge is 0.309 e. The molecule has 0 spiro atoms. The highest BCUT2D eigenvalue weighted by molar-refractivity contribution is 5.93. The van der Waals surface area contributed by atoms with E-state index in [1.807, 2.05) is 18.2 Å². The first-order valence-corrected chi connectivity index (χ1v) is 17.9. The first-order valence-electron chi connectivity index (χ1n) is 17.9. The Morgan fingerprint density at radius 3 is 2.49 bits per heavy atom. The van der Waals surface area contributed by atoms with Crippen LogP contribution in [0.1, 0.15) is 64.8 Å². The third-order valence-electron chi connectivity index (χ3n) is 10.6. The van der Waals surface area contributed by atoms with Gasteiger partial charge in [0.05, 0.1) is 18.6 Å². The van der Waals surface area contributed by atoms with Gasteiger partial charge in [-0.25, -0.2) is 8.78 Å². The monoisotopic (exact) mass is 720 g/mol. The Hall–Kier alpha value is -5.55. The molecule has 0 bridgehead atoms. The number of hydrogen-bond donors (Lipinski definition) is 3. The van der Waals surface area contributed by atoms with Crippen LogP contribution in [0.5, 0.6) is 5.75 Å². The molecule has 3 aliphatic rings. The summed E-state index contributed by atoms with van der Waals surface area (Å²) in [4.78, 5) is 26.4. The van der Waals surface area contributed by atoms with E-state index in [1.54, 1.807) is 7.11 Å². The number of rotatable bonds is 9. The highest BCUT2D eigenvalue weighted by Gasteiger charge is 2.37. The normalized spacial score (nSPS) is 18.3. The lowest BCUT2D eigenvalue weighted by Crippen LogP contribution is -2.53. The van der Waals surface area contributed by atoms with Gasteiger partial charge < -0.3 is 30.3 Å². The summed E-state index contributed by atoms with van der Waals surface area (Å²) in [6, 6.07) is 24.8. The van der Waals surface area contributed by atoms with Crippen molar-refractivity contribution in [3.8, 4) is 28.2 Å². The van der Waals surface area contributed by atoms with Crippen LogP contribution < -0.4 is 15.8 Å². The lowest BCUT2D eigenvalue weighted by molar-refractivity contribution is -0.144. The number of methoxy groups -OCH3 is 1. The third kappa shape index (κ3) is 7.66. The highest BCUT2D eigenvalue weighted by atomic mass is 19.1. The maximum atomic E-state index is 13.9. The maximum Gasteiger partial charge on any atom is 0.309 e. The number of piperidine rings is 1. The molecular formula is C42H42F2N4O5. The van der Waals surface area contributed by atoms with E-state index in [-0.39, 0.29) is 22.9 Å². The number of aliphatic carboxylic acids is 1. The molecule has 0 unspecified atom stereocenters. The van der Waals surface area contributed by atoms with Gasteiger partial charge in [0.25, 0.3) is 5.91 Å². The van der Waals surface area contributed by atoms with Crippen molar-refractivity contribution in [1.82, 2.24) is 15.4 Å². The predicted octanol–water partition coefficient (Wildman–Crippen LogP) is 7.54. The molecule has 4 N–H and O–H groups in total. The molecule has 11 heteroatoms. The largest absolute Gasteiger partial charge is 0.496 e. The van der Waals surface area contributed by atoms with Gasteiger partial charge in [-0.05, 0) is 71.2 Å². The Morgan fingerprint density at radius 1 is 0.981 bits per heavy atom. The van der Waals surface area contributed by atoms with Gasteiger partial charge in [0.1, 0.15) is 17.4 Å². The summed E-state index contributed by atoms with van der Waals surface area (Å²) in [5.74, 6) is -2.06. The van der Waals surface area contributed by atoms with E-state index in [9.17, 15) is 23.5 Å². The first-order chi connectivity index (χ1) is 25.6. The minimum absolute atomic E-state index is 0.0123. The molecule has 2 heterocycles. The molecule has 53 heavy (non-hydrogen) atoms. The number of carbonyl (C=O) groups is 2. The fourth-order valence-corrected chi connectivity index (χ4v) is 7.54. The number of aromatic nitrogens is 1. The number of likely N-dealkylation sites (tertiary alicyclic amines) is 1. The molecule has 9 nitrogen and oxygen atoms in total. The quantitative estimate of drug-likeness (QED) is 0.131. The van der Waals surface area contributed by atoms with Gasteiger partial charge in [0.2, 0.25) is 0 Å². The second kappa shape index (κ2) is 15.2. The zero-order valence-corrected chi connectivity index (χ0v) is 29.6. The lowest BCUT2D eigenvalue weighted by atomic mass is 9.88. The molecule has 0 radical (unpaired) electrons. The summed E-state index contributed by atoms with van der Waals surface area (Å²) in [7, 11) is 1.72. The van der Waals surface area contributed by atoms with Crippen LogP contribution in [0.2, 0.25) is 0 Å². The number of nitrogens with two attached hydrogens (primary N) is 1. The number of nitrogen functional groups attached to an aromatic ring is 1. The van der Waals surface area contributed by atoms with Crippen molar-refractivity contribution < 1.29 is 32.7 Å². The molecule has 274 valence electrons. The Balaban J connectivity index is 0.000000167. The molecule has 3 atom stereocenters. The summed E-state index contributed by atoms with van der Waals surface area (Å²) < 4.78 is 37.5. The number of amides is 1. The van der Waals surface area contributed by atoms with Crippen molar-refractivity contribution in [2.75, 3.05) is 32.5 Å². The molecule has 1 saturated heterocycles. The van der Waals surface area contributed by atoms with Crippen molar-refractivity contribution in [1.29, 1.82) is 0 Å². The zero-order chi connectivity index (χ0) is 37.2. The molecule has 4 aromatic carbocycles. The topological polar surface area (TPSA) is 131 Å². The molecule has 2 aliphatic carbocycles. The van der Waals surface area contributed by atoms with Crippen LogP contribution >= 0.6 is 0 Å². The number of ether oxygens (including phenoxy) is 1. The van der Waals surface area contributed by atoms with Crippen molar-refractivity contribution >= 4 is 17.6 Å². The first kappa shape index (κ1) is 35.8. The number of carboxylic acids is 1. The van der Waals surface area contributed by atoms with Crippen LogP contribution in [0.25, 0.3) is 22.5 Å². The summed E-state index contributed by atoms with van der Waals surface area (Å²) in [5, 5.41) is 16.0. The van der Waals surface area contributed by atoms with Gasteiger partial charge >= 0.3 is 5.97 Å². The average Bonchev–Trinajstić information content (AvgIpc) is 3.68. The van der Waals surface area contributed by atoms with E-state index in [2.05, 4.69) is 64.8 Å². The standard InChI is InChI=1S/C22H21NO.C20H21F2N3O4/c1-14(16-8-5-6-10-21(16)24-2)17-11-12-19-18-9-4-3-7-15(18)13-20(19)22(17)23;21-12-3-4-13(15(22)7-12)18-8-17(24-29-18)19(26)23-16-5-6-25(9-11-1-2-11)10-14(16)20(27)28/h3-12,14H,13,23H2,1-2H3;3-4,7-8,11,14,16H,1-2,5-6,9-10H2,(H,23,26)(H,27,28)/t14-;14-,16-/m10/s1. The summed E-state index contributed by atoms with van der Waals surface area (Å²) in [5.41, 5.74) is 15.0. The number of nitrogens with zero attached hydrogens (tertiary/aromatic N) is 2. The number of hydrogen-bond acceptors (Lipinski definition) is 7. The van der Waals surface area contributed by atoms with Crippen LogP contribution in [-0.4, -0.2) is 59.8 Å². The Bertz CT molecular complexity index is 2150. The van der Waals surface area contributed by atoms with E-state index >= 15 is 0 Å². The van der Waals surface area contributed by atoms with Gasteiger partial charge in [-0.1, -0.05) is 66.7 Å². The molecule has 1 amide bonds. The van der Waals surface area contributed by atoms with E-state index < -0.39 is 35.5 Å². The Kier molecular flexibility index (Phi) is 10.3. The van der Waals surface area contributed by atoms with Crippen LogP contribution in [0, 0.1) is 23.5 Å². The number of anilines is 1. The minimum Gasteiger partial charge on any atom is -0.496 e. The van der Waals surface area contributed by atoms with Crippen LogP contribution in [0.4, 0.5) is 14.5 Å². The zero-order valence-electron chi connectivity index (χ0n) is 29.6. The number of benzene rings is 4. The van der Waals surface area contributed by atoms with Crippen LogP contribution in [-0.2, 0) is 11.2 Å². The number of carboxylic acid groups (broad SMARTS) is 1. The van der Waals surface area contributed by atoms with Gasteiger partial charge in [-0.3, -0.25) is 9.59 Å². The molecule has 1 aromatic heterocycles. The minimum atomic E-state index is -0.954. The molecule has 8 rings (SSSR count). The summed E-state index contributed by atoms with van der Waals surface area (Å²) >= 11 is 0. The van der Waals surface area contributed by atoms with E-state index in [1.165, 1.54) is 58.4 Å². The summed E-state index contributed by atoms with van der Waals surface area (Å²) in [6.07, 6.45) is 3.83. The Labute approximate surface area is 306 Å². The molecule has 2 fully saturated rings. The van der Waals surface area contributed by atoms with Gasteiger partial charge in [-0.2, -0.15) is 0 Å². The highest BCUT2D eigenvalue weighted by Crippen LogP contribution is 2.44. The summed E-state index contributed by atoms with van der Waals surface area (Å²) in [6.45, 7) is 4.20. The number of halogens is 2. The number of nitrogens with one attached hydrogen (secondary N) is 1. The van der Waals surface area contributed by atoms with Gasteiger partial charge in [0.15, 0.2) is 11.5 Å². The third-order valence-corrected chi connectivity index (χ3v) is 10.6. The molecule has 1 saturated carbocycles.